The van der Waals surface area contributed by atoms with E-state index < -0.39 is 5.54 Å². The van der Waals surface area contributed by atoms with E-state index in [2.05, 4.69) is 15.2 Å². The highest BCUT2D eigenvalue weighted by Gasteiger charge is 2.25. The van der Waals surface area contributed by atoms with E-state index in [1.54, 1.807) is 12.3 Å². The molecule has 2 rings (SSSR count). The predicted octanol–water partition coefficient (Wildman–Crippen LogP) is 2.65. The maximum absolute atomic E-state index is 10.4. The summed E-state index contributed by atoms with van der Waals surface area (Å²) < 4.78 is 0. The SMILES string of the molecule is CC(C)(N=C=O)c1cn[nH]c1-c1ccccc1. The molecule has 0 saturated heterocycles. The van der Waals surface area contributed by atoms with E-state index in [-0.39, 0.29) is 0 Å². The maximum atomic E-state index is 10.4. The van der Waals surface area contributed by atoms with Gasteiger partial charge in [0, 0.05) is 5.56 Å². The van der Waals surface area contributed by atoms with Gasteiger partial charge in [0.05, 0.1) is 17.4 Å². The molecule has 0 bridgehead atoms. The van der Waals surface area contributed by atoms with Crippen LogP contribution < -0.4 is 0 Å². The lowest BCUT2D eigenvalue weighted by Gasteiger charge is -2.17. The second-order valence-electron chi connectivity index (χ2n) is 4.29. The largest absolute Gasteiger partial charge is 0.277 e. The lowest BCUT2D eigenvalue weighted by atomic mass is 9.93. The summed E-state index contributed by atoms with van der Waals surface area (Å²) in [7, 11) is 0. The number of aliphatic imine (C=N–C) groups is 1. The third kappa shape index (κ3) is 2.17. The minimum atomic E-state index is -0.625. The van der Waals surface area contributed by atoms with Crippen molar-refractivity contribution in [1.29, 1.82) is 0 Å². The number of aromatic amines is 1. The van der Waals surface area contributed by atoms with Gasteiger partial charge in [-0.2, -0.15) is 10.1 Å². The Bertz CT molecular complexity index is 551. The minimum absolute atomic E-state index is 0.625. The molecule has 0 spiro atoms. The van der Waals surface area contributed by atoms with Crippen molar-refractivity contribution in [2.75, 3.05) is 0 Å². The highest BCUT2D eigenvalue weighted by molar-refractivity contribution is 5.64. The first-order valence-corrected chi connectivity index (χ1v) is 5.33. The van der Waals surface area contributed by atoms with Crippen molar-refractivity contribution < 1.29 is 4.79 Å². The number of isocyanates is 1. The standard InChI is InChI=1S/C13H13N3O/c1-13(2,14-9-17)11-8-15-16-12(11)10-6-4-3-5-7-10/h3-8H,1-2H3,(H,15,16). The summed E-state index contributed by atoms with van der Waals surface area (Å²) in [5.74, 6) is 0. The molecule has 1 aromatic heterocycles. The number of aromatic nitrogens is 2. The molecule has 0 saturated carbocycles. The average molecular weight is 227 g/mol. The lowest BCUT2D eigenvalue weighted by molar-refractivity contribution is 0.524. The number of hydrogen-bond donors (Lipinski definition) is 1. The van der Waals surface area contributed by atoms with Crippen LogP contribution in [-0.2, 0) is 10.3 Å². The summed E-state index contributed by atoms with van der Waals surface area (Å²) in [6, 6.07) is 9.83. The van der Waals surface area contributed by atoms with Gasteiger partial charge in [-0.3, -0.25) is 5.10 Å². The number of nitrogens with zero attached hydrogens (tertiary/aromatic N) is 2. The third-order valence-corrected chi connectivity index (χ3v) is 2.69. The Morgan fingerprint density at radius 3 is 2.65 bits per heavy atom. The van der Waals surface area contributed by atoms with Crippen LogP contribution in [0.2, 0.25) is 0 Å². The number of H-pyrrole nitrogens is 1. The lowest BCUT2D eigenvalue weighted by Crippen LogP contribution is -2.13. The highest BCUT2D eigenvalue weighted by Crippen LogP contribution is 2.31. The monoisotopic (exact) mass is 227 g/mol. The Balaban J connectivity index is 2.53. The Hall–Kier alpha value is -2.19. The Kier molecular flexibility index (Phi) is 2.90. The number of benzene rings is 1. The number of carbonyl (C=O) groups excluding carboxylic acids is 1. The van der Waals surface area contributed by atoms with E-state index in [0.29, 0.717) is 0 Å². The highest BCUT2D eigenvalue weighted by atomic mass is 16.1. The normalized spacial score (nSPS) is 10.9. The molecule has 0 aliphatic heterocycles. The summed E-state index contributed by atoms with van der Waals surface area (Å²) in [4.78, 5) is 14.3. The van der Waals surface area contributed by atoms with Gasteiger partial charge in [-0.15, -0.1) is 0 Å². The molecule has 0 atom stereocenters. The van der Waals surface area contributed by atoms with Crippen molar-refractivity contribution in [3.05, 3.63) is 42.1 Å². The van der Waals surface area contributed by atoms with Gasteiger partial charge in [-0.25, -0.2) is 4.79 Å². The molecular formula is C13H13N3O. The number of rotatable bonds is 3. The second kappa shape index (κ2) is 4.36. The Labute approximate surface area is 99.4 Å². The third-order valence-electron chi connectivity index (χ3n) is 2.69. The van der Waals surface area contributed by atoms with Crippen molar-refractivity contribution in [2.24, 2.45) is 4.99 Å². The van der Waals surface area contributed by atoms with E-state index in [9.17, 15) is 4.79 Å². The van der Waals surface area contributed by atoms with E-state index in [1.165, 1.54) is 0 Å². The molecule has 1 N–H and O–H groups in total. The molecule has 1 heterocycles. The van der Waals surface area contributed by atoms with E-state index in [1.807, 2.05) is 44.2 Å². The van der Waals surface area contributed by atoms with Crippen LogP contribution >= 0.6 is 0 Å². The topological polar surface area (TPSA) is 58.1 Å². The predicted molar refractivity (Wildman–Crippen MR) is 65.2 cm³/mol. The quantitative estimate of drug-likeness (QED) is 0.647. The van der Waals surface area contributed by atoms with Crippen molar-refractivity contribution >= 4 is 6.08 Å². The molecular weight excluding hydrogens is 214 g/mol. The van der Waals surface area contributed by atoms with Gasteiger partial charge >= 0.3 is 0 Å². The smallest absolute Gasteiger partial charge is 0.235 e. The summed E-state index contributed by atoms with van der Waals surface area (Å²) in [5.41, 5.74) is 2.16. The van der Waals surface area contributed by atoms with Crippen LogP contribution in [0, 0.1) is 0 Å². The first-order valence-electron chi connectivity index (χ1n) is 5.33. The van der Waals surface area contributed by atoms with Crippen LogP contribution in [0.25, 0.3) is 11.3 Å². The van der Waals surface area contributed by atoms with Crippen molar-refractivity contribution in [2.45, 2.75) is 19.4 Å². The fourth-order valence-electron chi connectivity index (χ4n) is 1.75. The van der Waals surface area contributed by atoms with Gasteiger partial charge in [0.2, 0.25) is 6.08 Å². The summed E-state index contributed by atoms with van der Waals surface area (Å²) in [5, 5.41) is 6.98. The molecule has 4 nitrogen and oxygen atoms in total. The zero-order valence-corrected chi connectivity index (χ0v) is 9.77. The average Bonchev–Trinajstić information content (AvgIpc) is 2.79. The van der Waals surface area contributed by atoms with Gasteiger partial charge in [-0.05, 0) is 19.4 Å². The molecule has 0 amide bonds. The van der Waals surface area contributed by atoms with Crippen LogP contribution in [0.5, 0.6) is 0 Å². The molecule has 0 aliphatic carbocycles. The maximum Gasteiger partial charge on any atom is 0.235 e. The van der Waals surface area contributed by atoms with E-state index >= 15 is 0 Å². The molecule has 0 aliphatic rings. The van der Waals surface area contributed by atoms with Crippen LogP contribution in [0.15, 0.2) is 41.5 Å². The summed E-state index contributed by atoms with van der Waals surface area (Å²) in [6.45, 7) is 3.71. The van der Waals surface area contributed by atoms with Crippen LogP contribution in [0.3, 0.4) is 0 Å². The minimum Gasteiger partial charge on any atom is -0.277 e. The summed E-state index contributed by atoms with van der Waals surface area (Å²) in [6.07, 6.45) is 3.31. The molecule has 0 unspecified atom stereocenters. The molecule has 1 aromatic carbocycles. The van der Waals surface area contributed by atoms with Gasteiger partial charge in [0.1, 0.15) is 0 Å². The fraction of sp³-hybridized carbons (Fsp3) is 0.231. The van der Waals surface area contributed by atoms with Gasteiger partial charge in [-0.1, -0.05) is 30.3 Å². The van der Waals surface area contributed by atoms with Gasteiger partial charge < -0.3 is 0 Å². The Morgan fingerprint density at radius 1 is 1.29 bits per heavy atom. The first kappa shape index (κ1) is 11.3. The van der Waals surface area contributed by atoms with Crippen molar-refractivity contribution in [3.63, 3.8) is 0 Å². The van der Waals surface area contributed by atoms with E-state index in [0.717, 1.165) is 16.8 Å². The summed E-state index contributed by atoms with van der Waals surface area (Å²) >= 11 is 0. The van der Waals surface area contributed by atoms with Crippen molar-refractivity contribution in [1.82, 2.24) is 10.2 Å². The van der Waals surface area contributed by atoms with Crippen LogP contribution in [0.4, 0.5) is 0 Å². The molecule has 2 aromatic rings. The molecule has 17 heavy (non-hydrogen) atoms. The second-order valence-corrected chi connectivity index (χ2v) is 4.29. The zero-order valence-electron chi connectivity index (χ0n) is 9.77. The number of hydrogen-bond acceptors (Lipinski definition) is 3. The van der Waals surface area contributed by atoms with Gasteiger partial charge in [0.25, 0.3) is 0 Å². The molecule has 0 fully saturated rings. The number of nitrogens with one attached hydrogen (secondary N) is 1. The zero-order chi connectivity index (χ0) is 12.3. The molecule has 86 valence electrons. The van der Waals surface area contributed by atoms with Gasteiger partial charge in [0.15, 0.2) is 0 Å². The van der Waals surface area contributed by atoms with Crippen molar-refractivity contribution in [3.8, 4) is 11.3 Å². The van der Waals surface area contributed by atoms with Crippen LogP contribution in [-0.4, -0.2) is 16.3 Å². The molecule has 0 radical (unpaired) electrons. The fourth-order valence-corrected chi connectivity index (χ4v) is 1.75. The first-order chi connectivity index (χ1) is 8.15. The van der Waals surface area contributed by atoms with E-state index in [4.69, 9.17) is 0 Å². The van der Waals surface area contributed by atoms with Crippen LogP contribution in [0.1, 0.15) is 19.4 Å². The Morgan fingerprint density at radius 2 is 2.00 bits per heavy atom. The molecule has 4 heteroatoms.